The molecule has 2 rings (SSSR count). The van der Waals surface area contributed by atoms with E-state index in [1.54, 1.807) is 12.1 Å². The Bertz CT molecular complexity index is 738. The zero-order valence-corrected chi connectivity index (χ0v) is 17.2. The lowest BCUT2D eigenvalue weighted by Gasteiger charge is -2.19. The summed E-state index contributed by atoms with van der Waals surface area (Å²) in [5, 5.41) is 3.34. The van der Waals surface area contributed by atoms with Crippen LogP contribution in [0.4, 0.5) is 0 Å². The maximum Gasteiger partial charge on any atom is 0.261 e. The van der Waals surface area contributed by atoms with Gasteiger partial charge in [0, 0.05) is 0 Å². The predicted molar refractivity (Wildman–Crippen MR) is 110 cm³/mol. The number of nitrogens with one attached hydrogen (secondary N) is 1. The number of ether oxygens (including phenoxy) is 2. The zero-order valence-electron chi connectivity index (χ0n) is 16.4. The second-order valence-electron chi connectivity index (χ2n) is 7.36. The van der Waals surface area contributed by atoms with Gasteiger partial charge in [-0.25, -0.2) is 0 Å². The summed E-state index contributed by atoms with van der Waals surface area (Å²) in [5.74, 6) is 1.12. The van der Waals surface area contributed by atoms with Crippen LogP contribution in [-0.2, 0) is 10.2 Å². The third-order valence-electron chi connectivity index (χ3n) is 4.16. The van der Waals surface area contributed by atoms with Crippen LogP contribution in [0.5, 0.6) is 11.5 Å². The molecule has 1 atom stereocenters. The van der Waals surface area contributed by atoms with Crippen molar-refractivity contribution >= 4 is 17.5 Å². The summed E-state index contributed by atoms with van der Waals surface area (Å²) in [6.45, 7) is 9.22. The van der Waals surface area contributed by atoms with E-state index in [2.05, 4.69) is 38.2 Å². The van der Waals surface area contributed by atoms with Gasteiger partial charge in [-0.1, -0.05) is 63.6 Å². The topological polar surface area (TPSA) is 47.6 Å². The molecular weight excluding hydrogens is 362 g/mol. The highest BCUT2D eigenvalue weighted by Crippen LogP contribution is 2.25. The highest BCUT2D eigenvalue weighted by atomic mass is 35.5. The van der Waals surface area contributed by atoms with Gasteiger partial charge in [-0.05, 0) is 41.7 Å². The van der Waals surface area contributed by atoms with E-state index in [0.29, 0.717) is 30.3 Å². The fourth-order valence-corrected chi connectivity index (χ4v) is 2.70. The van der Waals surface area contributed by atoms with Gasteiger partial charge < -0.3 is 14.8 Å². The average molecular weight is 390 g/mol. The molecule has 5 heteroatoms. The minimum Gasteiger partial charge on any atom is -0.492 e. The standard InChI is InChI=1S/C22H28ClNO3/c1-5-19(27-20-9-7-6-8-18(20)23)21(25)24-14-15-26-17-12-10-16(11-13-17)22(2,3)4/h6-13,19H,5,14-15H2,1-4H3,(H,24,25)/t19-/m1/s1. The monoisotopic (exact) mass is 389 g/mol. The Balaban J connectivity index is 1.78. The number of halogens is 1. The fourth-order valence-electron chi connectivity index (χ4n) is 2.52. The van der Waals surface area contributed by atoms with Gasteiger partial charge in [0.05, 0.1) is 11.6 Å². The summed E-state index contributed by atoms with van der Waals surface area (Å²) < 4.78 is 11.4. The van der Waals surface area contributed by atoms with Crippen LogP contribution in [0.3, 0.4) is 0 Å². The van der Waals surface area contributed by atoms with Crippen LogP contribution in [0.1, 0.15) is 39.7 Å². The van der Waals surface area contributed by atoms with Gasteiger partial charge in [0.15, 0.2) is 6.10 Å². The van der Waals surface area contributed by atoms with E-state index >= 15 is 0 Å². The number of hydrogen-bond donors (Lipinski definition) is 1. The Hall–Kier alpha value is -2.20. The van der Waals surface area contributed by atoms with Gasteiger partial charge in [-0.2, -0.15) is 0 Å². The summed E-state index contributed by atoms with van der Waals surface area (Å²) in [7, 11) is 0. The van der Waals surface area contributed by atoms with Crippen molar-refractivity contribution in [2.75, 3.05) is 13.2 Å². The van der Waals surface area contributed by atoms with E-state index in [-0.39, 0.29) is 11.3 Å². The van der Waals surface area contributed by atoms with E-state index in [9.17, 15) is 4.79 Å². The summed E-state index contributed by atoms with van der Waals surface area (Å²) in [5.41, 5.74) is 1.37. The molecule has 146 valence electrons. The lowest BCUT2D eigenvalue weighted by molar-refractivity contribution is -0.128. The molecule has 0 aliphatic heterocycles. The second kappa shape index (κ2) is 9.65. The molecule has 1 amide bonds. The molecule has 2 aromatic carbocycles. The molecule has 0 bridgehead atoms. The normalized spacial score (nSPS) is 12.3. The SMILES string of the molecule is CC[C@@H](Oc1ccccc1Cl)C(=O)NCCOc1ccc(C(C)(C)C)cc1. The molecule has 0 unspecified atom stereocenters. The maximum absolute atomic E-state index is 12.3. The van der Waals surface area contributed by atoms with E-state index in [0.717, 1.165) is 5.75 Å². The lowest BCUT2D eigenvalue weighted by atomic mass is 9.87. The predicted octanol–water partition coefficient (Wildman–Crippen LogP) is 4.99. The van der Waals surface area contributed by atoms with Gasteiger partial charge >= 0.3 is 0 Å². The number of carbonyl (C=O) groups is 1. The Morgan fingerprint density at radius 2 is 1.78 bits per heavy atom. The fraction of sp³-hybridized carbons (Fsp3) is 0.409. The van der Waals surface area contributed by atoms with Crippen LogP contribution in [0, 0.1) is 0 Å². The number of benzene rings is 2. The number of rotatable bonds is 8. The van der Waals surface area contributed by atoms with Crippen molar-refractivity contribution in [2.24, 2.45) is 0 Å². The Kier molecular flexibility index (Phi) is 7.55. The molecule has 0 spiro atoms. The lowest BCUT2D eigenvalue weighted by Crippen LogP contribution is -2.39. The molecule has 0 aliphatic carbocycles. The van der Waals surface area contributed by atoms with Gasteiger partial charge in [0.25, 0.3) is 5.91 Å². The maximum atomic E-state index is 12.3. The van der Waals surface area contributed by atoms with Crippen molar-refractivity contribution in [1.82, 2.24) is 5.32 Å². The molecule has 0 aliphatic rings. The summed E-state index contributed by atoms with van der Waals surface area (Å²) in [4.78, 5) is 12.3. The first-order valence-corrected chi connectivity index (χ1v) is 9.61. The Morgan fingerprint density at radius 1 is 1.11 bits per heavy atom. The molecule has 0 saturated carbocycles. The van der Waals surface area contributed by atoms with E-state index < -0.39 is 6.10 Å². The van der Waals surface area contributed by atoms with Crippen LogP contribution in [-0.4, -0.2) is 25.2 Å². The molecule has 0 aromatic heterocycles. The first kappa shape index (κ1) is 21.1. The van der Waals surface area contributed by atoms with Crippen molar-refractivity contribution < 1.29 is 14.3 Å². The van der Waals surface area contributed by atoms with Crippen molar-refractivity contribution in [3.8, 4) is 11.5 Å². The molecule has 0 fully saturated rings. The second-order valence-corrected chi connectivity index (χ2v) is 7.77. The molecule has 2 aromatic rings. The molecule has 4 nitrogen and oxygen atoms in total. The quantitative estimate of drug-likeness (QED) is 0.647. The summed E-state index contributed by atoms with van der Waals surface area (Å²) >= 11 is 6.09. The zero-order chi connectivity index (χ0) is 19.9. The van der Waals surface area contributed by atoms with Gasteiger partial charge in [-0.3, -0.25) is 4.79 Å². The van der Waals surface area contributed by atoms with Crippen molar-refractivity contribution in [1.29, 1.82) is 0 Å². The molecule has 0 radical (unpaired) electrons. The third-order valence-corrected chi connectivity index (χ3v) is 4.47. The summed E-state index contributed by atoms with van der Waals surface area (Å²) in [6, 6.07) is 15.2. The van der Waals surface area contributed by atoms with E-state index in [1.165, 1.54) is 5.56 Å². The minimum atomic E-state index is -0.587. The Morgan fingerprint density at radius 3 is 2.37 bits per heavy atom. The van der Waals surface area contributed by atoms with Crippen LogP contribution >= 0.6 is 11.6 Å². The number of amides is 1. The van der Waals surface area contributed by atoms with Crippen LogP contribution in [0.25, 0.3) is 0 Å². The van der Waals surface area contributed by atoms with Crippen LogP contribution < -0.4 is 14.8 Å². The highest BCUT2D eigenvalue weighted by molar-refractivity contribution is 6.32. The smallest absolute Gasteiger partial charge is 0.261 e. The van der Waals surface area contributed by atoms with E-state index in [4.69, 9.17) is 21.1 Å². The molecule has 0 heterocycles. The van der Waals surface area contributed by atoms with Crippen molar-refractivity contribution in [3.63, 3.8) is 0 Å². The molecule has 0 saturated heterocycles. The molecule has 27 heavy (non-hydrogen) atoms. The number of hydrogen-bond acceptors (Lipinski definition) is 3. The van der Waals surface area contributed by atoms with Crippen LogP contribution in [0.15, 0.2) is 48.5 Å². The van der Waals surface area contributed by atoms with Crippen LogP contribution in [0.2, 0.25) is 5.02 Å². The third kappa shape index (κ3) is 6.47. The molecular formula is C22H28ClNO3. The first-order valence-electron chi connectivity index (χ1n) is 9.23. The van der Waals surface area contributed by atoms with Crippen molar-refractivity contribution in [2.45, 2.75) is 45.6 Å². The first-order chi connectivity index (χ1) is 12.8. The van der Waals surface area contributed by atoms with E-state index in [1.807, 2.05) is 31.2 Å². The average Bonchev–Trinajstić information content (AvgIpc) is 2.64. The summed E-state index contributed by atoms with van der Waals surface area (Å²) in [6.07, 6.45) is -0.0393. The Labute approximate surface area is 166 Å². The van der Waals surface area contributed by atoms with Gasteiger partial charge in [0.2, 0.25) is 0 Å². The van der Waals surface area contributed by atoms with Crippen molar-refractivity contribution in [3.05, 3.63) is 59.1 Å². The molecule has 1 N–H and O–H groups in total. The van der Waals surface area contributed by atoms with Gasteiger partial charge in [0.1, 0.15) is 18.1 Å². The highest BCUT2D eigenvalue weighted by Gasteiger charge is 2.19. The largest absolute Gasteiger partial charge is 0.492 e. The number of carbonyl (C=O) groups excluding carboxylic acids is 1. The van der Waals surface area contributed by atoms with Gasteiger partial charge in [-0.15, -0.1) is 0 Å². The number of para-hydroxylation sites is 1. The minimum absolute atomic E-state index is 0.114.